The van der Waals surface area contributed by atoms with Crippen molar-refractivity contribution in [2.45, 2.75) is 0 Å². The van der Waals surface area contributed by atoms with Crippen LogP contribution in [0.3, 0.4) is 0 Å². The molecule has 0 spiro atoms. The summed E-state index contributed by atoms with van der Waals surface area (Å²) in [7, 11) is 16.1. The largest absolute Gasteiger partial charge is 0.0120 e. The fraction of sp³-hybridized carbons (Fsp3) is 0. The van der Waals surface area contributed by atoms with Crippen molar-refractivity contribution in [3.8, 4) is 0 Å². The molecule has 0 aromatic carbocycles. The maximum absolute atomic E-state index is 1.73. The SMILES string of the molecule is [SiH3][SiH2][SiH2][SiH2][SiH2][SiH2][SiH2][SiH2][SiH2][SiH2][SiH2][SiH2][SiH2][SiH2][SiH2][SiH3]. The van der Waals surface area contributed by atoms with Crippen LogP contribution in [0.2, 0.25) is 0 Å². The molecule has 0 radical (unpaired) electrons. The molecule has 0 aliphatic carbocycles. The molecule has 0 aromatic rings. The molecular weight excluding hydrogens is 449 g/mol. The Bertz CT molecular complexity index is 92.6. The van der Waals surface area contributed by atoms with E-state index in [2.05, 4.69) is 0 Å². The minimum absolute atomic E-state index is 0.817. The van der Waals surface area contributed by atoms with Crippen molar-refractivity contribution >= 4 is 139 Å². The Morgan fingerprint density at radius 3 is 0.688 bits per heavy atom. The summed E-state index contributed by atoms with van der Waals surface area (Å²) in [5.41, 5.74) is 0. The van der Waals surface area contributed by atoms with Gasteiger partial charge in [0, 0.05) is 0 Å². The summed E-state index contributed by atoms with van der Waals surface area (Å²) in [4.78, 5) is 0. The van der Waals surface area contributed by atoms with E-state index in [0.29, 0.717) is 0 Å². The van der Waals surface area contributed by atoms with E-state index < -0.39 is 0 Å². The third-order valence-corrected chi connectivity index (χ3v) is 280. The second-order valence-corrected chi connectivity index (χ2v) is 142. The Morgan fingerprint density at radius 2 is 0.500 bits per heavy atom. The van der Waals surface area contributed by atoms with Crippen LogP contribution in [0.1, 0.15) is 0 Å². The first-order chi connectivity index (χ1) is 7.91. The van der Waals surface area contributed by atoms with Gasteiger partial charge in [0.1, 0.15) is 0 Å². The van der Waals surface area contributed by atoms with E-state index in [1.807, 2.05) is 0 Å². The zero-order chi connectivity index (χ0) is 11.9. The molecule has 0 saturated heterocycles. The third kappa shape index (κ3) is 17.5. The predicted octanol–water partition coefficient (Wildman–Crippen LogP) is -15.2. The fourth-order valence-electron chi connectivity index (χ4n) is 2.27. The van der Waals surface area contributed by atoms with E-state index in [0.717, 1.165) is 120 Å². The van der Waals surface area contributed by atoms with Gasteiger partial charge >= 0.3 is 0 Å². The summed E-state index contributed by atoms with van der Waals surface area (Å²) < 4.78 is 0. The number of rotatable bonds is 13. The van der Waals surface area contributed by atoms with E-state index in [4.69, 9.17) is 0 Å². The average Bonchev–Trinajstić information content (AvgIpc) is 2.31. The Labute approximate surface area is 138 Å². The fourth-order valence-corrected chi connectivity index (χ4v) is 551. The van der Waals surface area contributed by atoms with Crippen molar-refractivity contribution in [2.24, 2.45) is 0 Å². The lowest BCUT2D eigenvalue weighted by Gasteiger charge is -1.97. The summed E-state index contributed by atoms with van der Waals surface area (Å²) in [6.45, 7) is 0. The van der Waals surface area contributed by atoms with Crippen LogP contribution in [0.4, 0.5) is 0 Å². The Morgan fingerprint density at radius 1 is 0.312 bits per heavy atom. The molecule has 0 rings (SSSR count). The molecule has 0 heterocycles. The van der Waals surface area contributed by atoms with Crippen molar-refractivity contribution in [1.82, 2.24) is 0 Å². The van der Waals surface area contributed by atoms with Gasteiger partial charge in [-0.15, -0.1) is 0 Å². The zero-order valence-electron chi connectivity index (χ0n) is 11.9. The molecule has 0 aliphatic heterocycles. The minimum atomic E-state index is 0.817. The van der Waals surface area contributed by atoms with Crippen LogP contribution in [0.5, 0.6) is 0 Å². The first-order valence-corrected chi connectivity index (χ1v) is 71.2. The van der Waals surface area contributed by atoms with E-state index in [1.165, 1.54) is 0 Å². The van der Waals surface area contributed by atoms with Crippen molar-refractivity contribution in [3.05, 3.63) is 0 Å². The Kier molecular flexibility index (Phi) is 22.5. The molecule has 0 atom stereocenters. The molecule has 0 bridgehead atoms. The van der Waals surface area contributed by atoms with Gasteiger partial charge in [-0.3, -0.25) is 0 Å². The van der Waals surface area contributed by atoms with Crippen molar-refractivity contribution in [1.29, 1.82) is 0 Å². The minimum Gasteiger partial charge on any atom is -0.0120 e. The maximum Gasteiger partial charge on any atom is -0.00934 e. The standard InChI is InChI=1S/H34Si16/c1-3-5-7-9-11-13-15-16-14-12-10-8-6-4-2/h3-16H2,1-2H3. The average molecular weight is 484 g/mol. The van der Waals surface area contributed by atoms with Gasteiger partial charge in [0.15, 0.2) is 0 Å². The van der Waals surface area contributed by atoms with Gasteiger partial charge in [0.05, 0.1) is 0 Å². The topological polar surface area (TPSA) is 0 Å². The van der Waals surface area contributed by atoms with Gasteiger partial charge in [-0.25, -0.2) is 0 Å². The number of hydrogen-bond donors (Lipinski definition) is 0. The molecule has 0 aliphatic rings. The van der Waals surface area contributed by atoms with Crippen LogP contribution in [-0.2, 0) is 0 Å². The predicted molar refractivity (Wildman–Crippen MR) is 139 cm³/mol. The molecule has 0 nitrogen and oxygen atoms in total. The monoisotopic (exact) mass is 482 g/mol. The molecule has 16 heavy (non-hydrogen) atoms. The van der Waals surface area contributed by atoms with E-state index in [9.17, 15) is 0 Å². The highest BCUT2D eigenvalue weighted by Gasteiger charge is 1.97. The summed E-state index contributed by atoms with van der Waals surface area (Å²) in [6, 6.07) is 0. The van der Waals surface area contributed by atoms with Gasteiger partial charge in [-0.1, -0.05) is 0 Å². The normalized spacial score (nSPS) is 21.8. The Balaban J connectivity index is 2.83. The van der Waals surface area contributed by atoms with Gasteiger partial charge in [0.25, 0.3) is 0 Å². The van der Waals surface area contributed by atoms with Crippen LogP contribution in [0.25, 0.3) is 0 Å². The van der Waals surface area contributed by atoms with Gasteiger partial charge in [-0.2, -0.15) is 0 Å². The van der Waals surface area contributed by atoms with Gasteiger partial charge in [-0.05, 0) is 139 Å². The van der Waals surface area contributed by atoms with E-state index in [1.54, 1.807) is 19.5 Å². The zero-order valence-corrected chi connectivity index (χ0v) is 35.7. The first-order valence-electron chi connectivity index (χ1n) is 7.91. The molecule has 0 N–H and O–H groups in total. The highest BCUT2D eigenvalue weighted by Crippen LogP contribution is 1.60. The summed E-state index contributed by atoms with van der Waals surface area (Å²) in [5.74, 6) is 0. The highest BCUT2D eigenvalue weighted by atomic mass is 30.1. The molecule has 0 fully saturated rings. The lowest BCUT2D eigenvalue weighted by atomic mass is 26.1. The molecule has 0 unspecified atom stereocenters. The first kappa shape index (κ1) is 19.5. The van der Waals surface area contributed by atoms with Crippen LogP contribution in [0.15, 0.2) is 0 Å². The molecule has 0 aromatic heterocycles. The number of hydrogen-bond acceptors (Lipinski definition) is 0. The maximum atomic E-state index is 1.73. The van der Waals surface area contributed by atoms with Crippen molar-refractivity contribution in [3.63, 3.8) is 0 Å². The van der Waals surface area contributed by atoms with Crippen LogP contribution < -0.4 is 0 Å². The van der Waals surface area contributed by atoms with E-state index in [-0.39, 0.29) is 0 Å². The van der Waals surface area contributed by atoms with Crippen molar-refractivity contribution in [2.75, 3.05) is 0 Å². The van der Waals surface area contributed by atoms with Crippen molar-refractivity contribution < 1.29 is 0 Å². The molecule has 0 saturated carbocycles. The summed E-state index contributed by atoms with van der Waals surface area (Å²) in [6.07, 6.45) is 0. The lowest BCUT2D eigenvalue weighted by Crippen LogP contribution is -2.35. The second-order valence-electron chi connectivity index (χ2n) is 5.24. The Hall–Kier alpha value is 3.47. The van der Waals surface area contributed by atoms with Gasteiger partial charge in [0.2, 0.25) is 0 Å². The molecule has 0 amide bonds. The molecule has 98 valence electrons. The summed E-state index contributed by atoms with van der Waals surface area (Å²) >= 11 is 0. The van der Waals surface area contributed by atoms with E-state index >= 15 is 0 Å². The smallest absolute Gasteiger partial charge is 0.00934 e. The molecular formula is H34Si16. The molecule has 16 heteroatoms. The third-order valence-electron chi connectivity index (χ3n) is 3.46. The van der Waals surface area contributed by atoms with Gasteiger partial charge < -0.3 is 0 Å². The van der Waals surface area contributed by atoms with Crippen LogP contribution in [-0.4, -0.2) is 139 Å². The second kappa shape index (κ2) is 18.5. The lowest BCUT2D eigenvalue weighted by molar-refractivity contribution is 3.79. The quantitative estimate of drug-likeness (QED) is 0.180. The van der Waals surface area contributed by atoms with Crippen LogP contribution in [0, 0.1) is 0 Å². The summed E-state index contributed by atoms with van der Waals surface area (Å²) in [5, 5.41) is 0. The van der Waals surface area contributed by atoms with Crippen LogP contribution >= 0.6 is 0 Å². The highest BCUT2D eigenvalue weighted by molar-refractivity contribution is 7.73.